The first-order valence-corrected chi connectivity index (χ1v) is 7.78. The Morgan fingerprint density at radius 1 is 1.25 bits per heavy atom. The fourth-order valence-corrected chi connectivity index (χ4v) is 3.56. The van der Waals surface area contributed by atoms with Gasteiger partial charge in [-0.25, -0.2) is 0 Å². The molecule has 1 aromatic carbocycles. The fraction of sp³-hybridized carbons (Fsp3) is 0.588. The lowest BCUT2D eigenvalue weighted by Gasteiger charge is -2.32. The van der Waals surface area contributed by atoms with E-state index in [1.165, 1.54) is 17.7 Å². The van der Waals surface area contributed by atoms with Crippen molar-refractivity contribution >= 4 is 11.6 Å². The molecule has 1 aliphatic heterocycles. The number of rotatable bonds is 2. The minimum atomic E-state index is 0.0424. The van der Waals surface area contributed by atoms with E-state index in [9.17, 15) is 4.79 Å². The Morgan fingerprint density at radius 2 is 2.05 bits per heavy atom. The van der Waals surface area contributed by atoms with Crippen LogP contribution in [0.5, 0.6) is 0 Å². The highest BCUT2D eigenvalue weighted by atomic mass is 16.2. The third kappa shape index (κ3) is 2.67. The van der Waals surface area contributed by atoms with Crippen LogP contribution in [0.1, 0.15) is 38.7 Å². The summed E-state index contributed by atoms with van der Waals surface area (Å²) in [7, 11) is 0. The molecule has 0 saturated heterocycles. The molecule has 3 nitrogen and oxygen atoms in total. The van der Waals surface area contributed by atoms with Crippen molar-refractivity contribution < 1.29 is 4.79 Å². The molecule has 0 bridgehead atoms. The summed E-state index contributed by atoms with van der Waals surface area (Å²) in [5.41, 5.74) is 2.43. The molecule has 1 fully saturated rings. The highest BCUT2D eigenvalue weighted by molar-refractivity contribution is 5.81. The largest absolute Gasteiger partial charge is 0.382 e. The van der Waals surface area contributed by atoms with E-state index in [1.807, 2.05) is 12.1 Å². The summed E-state index contributed by atoms with van der Waals surface area (Å²) in [6, 6.07) is 8.89. The van der Waals surface area contributed by atoms with E-state index in [-0.39, 0.29) is 17.9 Å². The summed E-state index contributed by atoms with van der Waals surface area (Å²) in [4.78, 5) is 12.5. The summed E-state index contributed by atoms with van der Waals surface area (Å²) in [6.45, 7) is 4.38. The van der Waals surface area contributed by atoms with Crippen molar-refractivity contribution in [3.05, 3.63) is 29.8 Å². The Kier molecular flexibility index (Phi) is 3.68. The number of para-hydroxylation sites is 1. The molecule has 1 heterocycles. The van der Waals surface area contributed by atoms with Crippen molar-refractivity contribution in [2.24, 2.45) is 11.8 Å². The average Bonchev–Trinajstić information content (AvgIpc) is 2.83. The van der Waals surface area contributed by atoms with E-state index in [1.54, 1.807) is 0 Å². The van der Waals surface area contributed by atoms with E-state index < -0.39 is 0 Å². The number of carbonyl (C=O) groups is 1. The normalized spacial score (nSPS) is 32.3. The molecule has 0 spiro atoms. The van der Waals surface area contributed by atoms with Gasteiger partial charge in [-0.2, -0.15) is 0 Å². The number of benzene rings is 1. The van der Waals surface area contributed by atoms with Gasteiger partial charge in [0.2, 0.25) is 5.91 Å². The average molecular weight is 272 g/mol. The van der Waals surface area contributed by atoms with Crippen molar-refractivity contribution in [3.63, 3.8) is 0 Å². The molecule has 108 valence electrons. The zero-order valence-electron chi connectivity index (χ0n) is 12.4. The SMILES string of the molecule is CC1CCC(NC(=O)C2Cc3ccccc3NC2C)C1. The Balaban J connectivity index is 1.66. The first-order valence-electron chi connectivity index (χ1n) is 7.78. The van der Waals surface area contributed by atoms with E-state index in [0.29, 0.717) is 6.04 Å². The van der Waals surface area contributed by atoms with E-state index in [2.05, 4.69) is 36.6 Å². The summed E-state index contributed by atoms with van der Waals surface area (Å²) < 4.78 is 0. The van der Waals surface area contributed by atoms with Crippen LogP contribution in [0.4, 0.5) is 5.69 Å². The van der Waals surface area contributed by atoms with Gasteiger partial charge in [0.05, 0.1) is 5.92 Å². The van der Waals surface area contributed by atoms with E-state index in [0.717, 1.165) is 25.2 Å². The minimum absolute atomic E-state index is 0.0424. The molecule has 2 aliphatic rings. The molecule has 1 amide bonds. The maximum Gasteiger partial charge on any atom is 0.225 e. The molecule has 1 saturated carbocycles. The third-order valence-electron chi connectivity index (χ3n) is 4.82. The summed E-state index contributed by atoms with van der Waals surface area (Å²) in [5, 5.41) is 6.72. The number of hydrogen-bond donors (Lipinski definition) is 2. The van der Waals surface area contributed by atoms with Gasteiger partial charge in [0.1, 0.15) is 0 Å². The van der Waals surface area contributed by atoms with Gasteiger partial charge in [0.25, 0.3) is 0 Å². The van der Waals surface area contributed by atoms with Gasteiger partial charge < -0.3 is 10.6 Å². The van der Waals surface area contributed by atoms with Crippen LogP contribution < -0.4 is 10.6 Å². The van der Waals surface area contributed by atoms with Crippen molar-refractivity contribution in [1.29, 1.82) is 0 Å². The summed E-state index contributed by atoms with van der Waals surface area (Å²) in [6.07, 6.45) is 4.36. The molecule has 1 aliphatic carbocycles. The number of fused-ring (bicyclic) bond motifs is 1. The number of nitrogens with one attached hydrogen (secondary N) is 2. The summed E-state index contributed by atoms with van der Waals surface area (Å²) in [5.74, 6) is 1.02. The van der Waals surface area contributed by atoms with Gasteiger partial charge in [-0.15, -0.1) is 0 Å². The predicted octanol–water partition coefficient (Wildman–Crippen LogP) is 2.96. The van der Waals surface area contributed by atoms with Gasteiger partial charge in [0.15, 0.2) is 0 Å². The molecule has 3 heteroatoms. The first-order chi connectivity index (χ1) is 9.63. The first kappa shape index (κ1) is 13.5. The topological polar surface area (TPSA) is 41.1 Å². The van der Waals surface area contributed by atoms with Crippen LogP contribution in [0.3, 0.4) is 0 Å². The highest BCUT2D eigenvalue weighted by Gasteiger charge is 2.32. The standard InChI is InChI=1S/C17H24N2O/c1-11-7-8-14(9-11)19-17(20)15-10-13-5-3-4-6-16(13)18-12(15)2/h3-6,11-12,14-15,18H,7-10H2,1-2H3,(H,19,20). The maximum absolute atomic E-state index is 12.5. The van der Waals surface area contributed by atoms with Crippen molar-refractivity contribution in [3.8, 4) is 0 Å². The lowest BCUT2D eigenvalue weighted by molar-refractivity contribution is -0.126. The predicted molar refractivity (Wildman–Crippen MR) is 81.7 cm³/mol. The zero-order valence-corrected chi connectivity index (χ0v) is 12.4. The Morgan fingerprint density at radius 3 is 2.80 bits per heavy atom. The number of amides is 1. The Labute approximate surface area is 121 Å². The van der Waals surface area contributed by atoms with Gasteiger partial charge >= 0.3 is 0 Å². The third-order valence-corrected chi connectivity index (χ3v) is 4.82. The Bertz CT molecular complexity index is 500. The number of hydrogen-bond acceptors (Lipinski definition) is 2. The van der Waals surface area contributed by atoms with Gasteiger partial charge in [-0.05, 0) is 50.2 Å². The van der Waals surface area contributed by atoms with Crippen LogP contribution in [0, 0.1) is 11.8 Å². The van der Waals surface area contributed by atoms with Crippen molar-refractivity contribution in [2.45, 2.75) is 51.6 Å². The van der Waals surface area contributed by atoms with Crippen LogP contribution in [0.15, 0.2) is 24.3 Å². The molecule has 0 aromatic heterocycles. The van der Waals surface area contributed by atoms with Crippen LogP contribution >= 0.6 is 0 Å². The smallest absolute Gasteiger partial charge is 0.225 e. The second-order valence-electron chi connectivity index (χ2n) is 6.52. The molecule has 0 radical (unpaired) electrons. The highest BCUT2D eigenvalue weighted by Crippen LogP contribution is 2.29. The molecular weight excluding hydrogens is 248 g/mol. The molecule has 2 N–H and O–H groups in total. The van der Waals surface area contributed by atoms with Gasteiger partial charge in [0, 0.05) is 17.8 Å². The molecule has 20 heavy (non-hydrogen) atoms. The monoisotopic (exact) mass is 272 g/mol. The van der Waals surface area contributed by atoms with Crippen molar-refractivity contribution in [1.82, 2.24) is 5.32 Å². The Hall–Kier alpha value is -1.51. The van der Waals surface area contributed by atoms with Crippen LogP contribution in [-0.4, -0.2) is 18.0 Å². The van der Waals surface area contributed by atoms with Crippen LogP contribution in [0.2, 0.25) is 0 Å². The number of carbonyl (C=O) groups excluding carboxylic acids is 1. The molecule has 4 atom stereocenters. The molecular formula is C17H24N2O. The minimum Gasteiger partial charge on any atom is -0.382 e. The lowest BCUT2D eigenvalue weighted by Crippen LogP contribution is -2.46. The lowest BCUT2D eigenvalue weighted by atomic mass is 9.87. The molecule has 3 rings (SSSR count). The van der Waals surface area contributed by atoms with Crippen LogP contribution in [0.25, 0.3) is 0 Å². The second-order valence-corrected chi connectivity index (χ2v) is 6.52. The second kappa shape index (κ2) is 5.47. The van der Waals surface area contributed by atoms with Gasteiger partial charge in [-0.1, -0.05) is 25.1 Å². The quantitative estimate of drug-likeness (QED) is 0.869. The van der Waals surface area contributed by atoms with Crippen molar-refractivity contribution in [2.75, 3.05) is 5.32 Å². The van der Waals surface area contributed by atoms with E-state index >= 15 is 0 Å². The van der Waals surface area contributed by atoms with Crippen LogP contribution in [-0.2, 0) is 11.2 Å². The molecule has 1 aromatic rings. The number of anilines is 1. The fourth-order valence-electron chi connectivity index (χ4n) is 3.56. The maximum atomic E-state index is 12.5. The zero-order chi connectivity index (χ0) is 14.1. The van der Waals surface area contributed by atoms with E-state index in [4.69, 9.17) is 0 Å². The van der Waals surface area contributed by atoms with Gasteiger partial charge in [-0.3, -0.25) is 4.79 Å². The molecule has 4 unspecified atom stereocenters. The summed E-state index contributed by atoms with van der Waals surface area (Å²) >= 11 is 0.